The summed E-state index contributed by atoms with van der Waals surface area (Å²) in [7, 11) is 0. The summed E-state index contributed by atoms with van der Waals surface area (Å²) < 4.78 is 18.8. The first-order chi connectivity index (χ1) is 11.6. The zero-order valence-corrected chi connectivity index (χ0v) is 13.9. The number of hydrogen-bond donors (Lipinski definition) is 1. The summed E-state index contributed by atoms with van der Waals surface area (Å²) in [4.78, 5) is 10.3. The molecular formula is C18H21FN4O. The van der Waals surface area contributed by atoms with E-state index in [4.69, 9.17) is 4.52 Å². The SMILES string of the molecule is CC(C)c1cc(CN2CCC[C@@H]2c2nc3ccc(F)cc3[nH]2)no1. The van der Waals surface area contributed by atoms with Crippen molar-refractivity contribution >= 4 is 11.0 Å². The molecular weight excluding hydrogens is 307 g/mol. The summed E-state index contributed by atoms with van der Waals surface area (Å²) >= 11 is 0. The van der Waals surface area contributed by atoms with E-state index >= 15 is 0 Å². The second kappa shape index (κ2) is 6.02. The van der Waals surface area contributed by atoms with Crippen molar-refractivity contribution in [3.63, 3.8) is 0 Å². The van der Waals surface area contributed by atoms with E-state index in [1.807, 2.05) is 6.07 Å². The Bertz CT molecular complexity index is 854. The molecule has 0 aliphatic carbocycles. The molecule has 1 N–H and O–H groups in total. The van der Waals surface area contributed by atoms with Crippen molar-refractivity contribution in [2.24, 2.45) is 0 Å². The number of benzene rings is 1. The summed E-state index contributed by atoms with van der Waals surface area (Å²) in [5.41, 5.74) is 2.51. The molecule has 1 aliphatic heterocycles. The van der Waals surface area contributed by atoms with Crippen molar-refractivity contribution in [3.8, 4) is 0 Å². The summed E-state index contributed by atoms with van der Waals surface area (Å²) in [5.74, 6) is 1.91. The highest BCUT2D eigenvalue weighted by Gasteiger charge is 2.29. The zero-order valence-electron chi connectivity index (χ0n) is 13.9. The van der Waals surface area contributed by atoms with Crippen LogP contribution in [0.15, 0.2) is 28.8 Å². The summed E-state index contributed by atoms with van der Waals surface area (Å²) in [5, 5.41) is 4.19. The van der Waals surface area contributed by atoms with Gasteiger partial charge in [-0.1, -0.05) is 19.0 Å². The second-order valence-corrected chi connectivity index (χ2v) is 6.79. The zero-order chi connectivity index (χ0) is 16.7. The fourth-order valence-electron chi connectivity index (χ4n) is 3.37. The molecule has 0 saturated carbocycles. The predicted molar refractivity (Wildman–Crippen MR) is 89.0 cm³/mol. The van der Waals surface area contributed by atoms with E-state index in [9.17, 15) is 4.39 Å². The first-order valence-corrected chi connectivity index (χ1v) is 8.45. The van der Waals surface area contributed by atoms with E-state index < -0.39 is 0 Å². The first-order valence-electron chi connectivity index (χ1n) is 8.45. The first kappa shape index (κ1) is 15.3. The summed E-state index contributed by atoms with van der Waals surface area (Å²) in [6.07, 6.45) is 2.15. The Hall–Kier alpha value is -2.21. The molecule has 1 aromatic carbocycles. The van der Waals surface area contributed by atoms with Crippen molar-refractivity contribution < 1.29 is 8.91 Å². The monoisotopic (exact) mass is 328 g/mol. The molecule has 2 aromatic heterocycles. The highest BCUT2D eigenvalue weighted by molar-refractivity contribution is 5.75. The molecule has 6 heteroatoms. The van der Waals surface area contributed by atoms with Gasteiger partial charge in [0.1, 0.15) is 17.4 Å². The van der Waals surface area contributed by atoms with Crippen molar-refractivity contribution in [2.75, 3.05) is 6.54 Å². The maximum atomic E-state index is 13.4. The lowest BCUT2D eigenvalue weighted by atomic mass is 10.1. The van der Waals surface area contributed by atoms with Gasteiger partial charge in [0.25, 0.3) is 0 Å². The fraction of sp³-hybridized carbons (Fsp3) is 0.444. The minimum Gasteiger partial charge on any atom is -0.361 e. The number of rotatable bonds is 4. The highest BCUT2D eigenvalue weighted by atomic mass is 19.1. The van der Waals surface area contributed by atoms with Crippen LogP contribution in [-0.2, 0) is 6.54 Å². The number of aromatic nitrogens is 3. The standard InChI is InChI=1S/C18H21FN4O/c1-11(2)17-9-13(22-24-17)10-23-7-3-4-16(23)18-20-14-6-5-12(19)8-15(14)21-18/h5-6,8-9,11,16H,3-4,7,10H2,1-2H3,(H,20,21)/t16-/m1/s1. The van der Waals surface area contributed by atoms with Crippen LogP contribution in [0.25, 0.3) is 11.0 Å². The minimum atomic E-state index is -0.246. The largest absolute Gasteiger partial charge is 0.361 e. The van der Waals surface area contributed by atoms with Crippen molar-refractivity contribution in [1.29, 1.82) is 0 Å². The molecule has 0 bridgehead atoms. The van der Waals surface area contributed by atoms with E-state index in [1.165, 1.54) is 12.1 Å². The lowest BCUT2D eigenvalue weighted by Gasteiger charge is -2.21. The number of halogens is 1. The van der Waals surface area contributed by atoms with Crippen LogP contribution in [0, 0.1) is 5.82 Å². The molecule has 126 valence electrons. The van der Waals surface area contributed by atoms with Gasteiger partial charge >= 0.3 is 0 Å². The van der Waals surface area contributed by atoms with Gasteiger partial charge in [0, 0.05) is 18.5 Å². The number of H-pyrrole nitrogens is 1. The van der Waals surface area contributed by atoms with Crippen molar-refractivity contribution in [2.45, 2.75) is 45.2 Å². The molecule has 5 nitrogen and oxygen atoms in total. The Kier molecular flexibility index (Phi) is 3.84. The molecule has 4 rings (SSSR count). The molecule has 3 aromatic rings. The van der Waals surface area contributed by atoms with Crippen molar-refractivity contribution in [1.82, 2.24) is 20.0 Å². The van der Waals surface area contributed by atoms with Gasteiger partial charge in [0.15, 0.2) is 0 Å². The van der Waals surface area contributed by atoms with Crippen LogP contribution in [-0.4, -0.2) is 26.6 Å². The summed E-state index contributed by atoms with van der Waals surface area (Å²) in [6, 6.07) is 6.91. The van der Waals surface area contributed by atoms with E-state index in [0.29, 0.717) is 5.92 Å². The molecule has 0 spiro atoms. The maximum absolute atomic E-state index is 13.4. The smallest absolute Gasteiger partial charge is 0.139 e. The Morgan fingerprint density at radius 2 is 2.25 bits per heavy atom. The van der Waals surface area contributed by atoms with Crippen LogP contribution in [0.1, 0.15) is 55.9 Å². The highest BCUT2D eigenvalue weighted by Crippen LogP contribution is 2.33. The fourth-order valence-corrected chi connectivity index (χ4v) is 3.37. The third kappa shape index (κ3) is 2.82. The van der Waals surface area contributed by atoms with Gasteiger partial charge in [-0.3, -0.25) is 4.90 Å². The van der Waals surface area contributed by atoms with Gasteiger partial charge in [-0.2, -0.15) is 0 Å². The maximum Gasteiger partial charge on any atom is 0.139 e. The third-order valence-electron chi connectivity index (χ3n) is 4.65. The van der Waals surface area contributed by atoms with Gasteiger partial charge in [-0.05, 0) is 37.6 Å². The number of likely N-dealkylation sites (tertiary alicyclic amines) is 1. The Morgan fingerprint density at radius 3 is 3.04 bits per heavy atom. The number of nitrogens with zero attached hydrogens (tertiary/aromatic N) is 3. The number of aromatic amines is 1. The van der Waals surface area contributed by atoms with Gasteiger partial charge in [-0.15, -0.1) is 0 Å². The molecule has 1 aliphatic rings. The minimum absolute atomic E-state index is 0.208. The molecule has 0 amide bonds. The number of hydrogen-bond acceptors (Lipinski definition) is 4. The lowest BCUT2D eigenvalue weighted by molar-refractivity contribution is 0.233. The molecule has 1 saturated heterocycles. The predicted octanol–water partition coefficient (Wildman–Crippen LogP) is 4.15. The molecule has 1 fully saturated rings. The number of imidazole rings is 1. The molecule has 0 unspecified atom stereocenters. The third-order valence-corrected chi connectivity index (χ3v) is 4.65. The normalized spacial score (nSPS) is 18.9. The van der Waals surface area contributed by atoms with Gasteiger partial charge in [0.2, 0.25) is 0 Å². The number of fused-ring (bicyclic) bond motifs is 1. The van der Waals surface area contributed by atoms with E-state index in [1.54, 1.807) is 6.07 Å². The van der Waals surface area contributed by atoms with E-state index in [0.717, 1.165) is 54.2 Å². The topological polar surface area (TPSA) is 58.0 Å². The van der Waals surface area contributed by atoms with E-state index in [-0.39, 0.29) is 11.9 Å². The van der Waals surface area contributed by atoms with Crippen LogP contribution in [0.4, 0.5) is 4.39 Å². The average Bonchev–Trinajstić information content (AvgIpc) is 3.25. The quantitative estimate of drug-likeness (QED) is 0.781. The van der Waals surface area contributed by atoms with Crippen molar-refractivity contribution in [3.05, 3.63) is 47.4 Å². The van der Waals surface area contributed by atoms with Gasteiger partial charge in [-0.25, -0.2) is 9.37 Å². The number of nitrogens with one attached hydrogen (secondary N) is 1. The molecule has 0 radical (unpaired) electrons. The van der Waals surface area contributed by atoms with E-state index in [2.05, 4.69) is 33.9 Å². The van der Waals surface area contributed by atoms with Gasteiger partial charge in [0.05, 0.1) is 22.8 Å². The Labute approximate surface area is 139 Å². The molecule has 3 heterocycles. The lowest BCUT2D eigenvalue weighted by Crippen LogP contribution is -2.23. The molecule has 1 atom stereocenters. The molecule has 24 heavy (non-hydrogen) atoms. The van der Waals surface area contributed by atoms with Crippen LogP contribution < -0.4 is 0 Å². The van der Waals surface area contributed by atoms with Crippen LogP contribution >= 0.6 is 0 Å². The average molecular weight is 328 g/mol. The van der Waals surface area contributed by atoms with Gasteiger partial charge < -0.3 is 9.51 Å². The Balaban J connectivity index is 1.56. The van der Waals surface area contributed by atoms with Crippen LogP contribution in [0.2, 0.25) is 0 Å². The van der Waals surface area contributed by atoms with Crippen LogP contribution in [0.5, 0.6) is 0 Å². The summed E-state index contributed by atoms with van der Waals surface area (Å²) in [6.45, 7) is 5.93. The second-order valence-electron chi connectivity index (χ2n) is 6.79. The Morgan fingerprint density at radius 1 is 1.38 bits per heavy atom. The van der Waals surface area contributed by atoms with Crippen LogP contribution in [0.3, 0.4) is 0 Å².